The van der Waals surface area contributed by atoms with Crippen molar-refractivity contribution in [1.29, 1.82) is 0 Å². The molecule has 0 aromatic heterocycles. The van der Waals surface area contributed by atoms with Crippen LogP contribution in [-0.4, -0.2) is 23.1 Å². The van der Waals surface area contributed by atoms with E-state index in [2.05, 4.69) is 11.0 Å². The molecule has 0 saturated carbocycles. The fraction of sp³-hybridized carbons (Fsp3) is 0.600. The van der Waals surface area contributed by atoms with Crippen molar-refractivity contribution in [2.45, 2.75) is 44.6 Å². The van der Waals surface area contributed by atoms with E-state index in [9.17, 15) is 5.11 Å². The van der Waals surface area contributed by atoms with Crippen molar-refractivity contribution in [3.63, 3.8) is 0 Å². The Morgan fingerprint density at radius 2 is 1.82 bits per heavy atom. The smallest absolute Gasteiger partial charge is 0.115 e. The molecule has 0 bridgehead atoms. The number of benzene rings is 1. The molecule has 1 N–H and O–H groups in total. The maximum absolute atomic E-state index is 9.52. The standard InChI is InChI=1S/C15H21NO/c17-13-6-7-14-12(11-13)5-8-15(14)16-9-3-1-2-4-10-16/h6-7,11,15,17H,1-5,8-10H2. The van der Waals surface area contributed by atoms with Crippen LogP contribution in [0.3, 0.4) is 0 Å². The molecule has 0 amide bonds. The van der Waals surface area contributed by atoms with Crippen LogP contribution in [0.2, 0.25) is 0 Å². The van der Waals surface area contributed by atoms with Gasteiger partial charge in [-0.3, -0.25) is 4.90 Å². The van der Waals surface area contributed by atoms with Crippen molar-refractivity contribution in [2.24, 2.45) is 0 Å². The quantitative estimate of drug-likeness (QED) is 0.802. The second-order valence-corrected chi connectivity index (χ2v) is 5.39. The Morgan fingerprint density at radius 1 is 1.06 bits per heavy atom. The number of nitrogens with zero attached hydrogens (tertiary/aromatic N) is 1. The van der Waals surface area contributed by atoms with Crippen molar-refractivity contribution < 1.29 is 5.11 Å². The highest BCUT2D eigenvalue weighted by molar-refractivity contribution is 5.40. The minimum absolute atomic E-state index is 0.417. The molecule has 3 rings (SSSR count). The van der Waals surface area contributed by atoms with Gasteiger partial charge < -0.3 is 5.11 Å². The van der Waals surface area contributed by atoms with Crippen molar-refractivity contribution in [2.75, 3.05) is 13.1 Å². The molecule has 1 aromatic carbocycles. The Hall–Kier alpha value is -1.02. The predicted octanol–water partition coefficient (Wildman–Crippen LogP) is 3.26. The van der Waals surface area contributed by atoms with Gasteiger partial charge in [0, 0.05) is 6.04 Å². The summed E-state index contributed by atoms with van der Waals surface area (Å²) in [6.07, 6.45) is 7.86. The lowest BCUT2D eigenvalue weighted by molar-refractivity contribution is 0.204. The van der Waals surface area contributed by atoms with Crippen LogP contribution in [0.4, 0.5) is 0 Å². The van der Waals surface area contributed by atoms with Gasteiger partial charge in [-0.05, 0) is 62.0 Å². The second kappa shape index (κ2) is 4.69. The summed E-state index contributed by atoms with van der Waals surface area (Å²) in [7, 11) is 0. The molecule has 1 saturated heterocycles. The average Bonchev–Trinajstić information content (AvgIpc) is 2.57. The van der Waals surface area contributed by atoms with Crippen molar-refractivity contribution in [3.8, 4) is 5.75 Å². The molecule has 1 aliphatic carbocycles. The lowest BCUT2D eigenvalue weighted by atomic mass is 10.1. The van der Waals surface area contributed by atoms with Gasteiger partial charge in [0.15, 0.2) is 0 Å². The van der Waals surface area contributed by atoms with Crippen LogP contribution in [-0.2, 0) is 6.42 Å². The summed E-state index contributed by atoms with van der Waals surface area (Å²) in [5.74, 6) is 0.417. The van der Waals surface area contributed by atoms with Gasteiger partial charge in [-0.1, -0.05) is 18.9 Å². The molecule has 2 heteroatoms. The largest absolute Gasteiger partial charge is 0.508 e. The molecule has 2 nitrogen and oxygen atoms in total. The maximum Gasteiger partial charge on any atom is 0.115 e. The zero-order chi connectivity index (χ0) is 11.7. The molecule has 1 atom stereocenters. The molecular formula is C15H21NO. The van der Waals surface area contributed by atoms with Gasteiger partial charge in [0.1, 0.15) is 5.75 Å². The highest BCUT2D eigenvalue weighted by atomic mass is 16.3. The van der Waals surface area contributed by atoms with Gasteiger partial charge in [0.05, 0.1) is 0 Å². The zero-order valence-electron chi connectivity index (χ0n) is 10.4. The molecule has 1 aromatic rings. The third-order valence-electron chi connectivity index (χ3n) is 4.25. The summed E-state index contributed by atoms with van der Waals surface area (Å²) in [6, 6.07) is 6.54. The van der Waals surface area contributed by atoms with Gasteiger partial charge >= 0.3 is 0 Å². The number of aryl methyl sites for hydroxylation is 1. The molecule has 1 unspecified atom stereocenters. The van der Waals surface area contributed by atoms with E-state index < -0.39 is 0 Å². The molecule has 0 spiro atoms. The minimum Gasteiger partial charge on any atom is -0.508 e. The summed E-state index contributed by atoms with van der Waals surface area (Å²) < 4.78 is 0. The topological polar surface area (TPSA) is 23.5 Å². The number of rotatable bonds is 1. The summed E-state index contributed by atoms with van der Waals surface area (Å²) in [6.45, 7) is 2.51. The van der Waals surface area contributed by atoms with Crippen LogP contribution in [0.1, 0.15) is 49.3 Å². The Kier molecular flexibility index (Phi) is 3.06. The lowest BCUT2D eigenvalue weighted by Crippen LogP contribution is -2.28. The van der Waals surface area contributed by atoms with E-state index in [4.69, 9.17) is 0 Å². The van der Waals surface area contributed by atoms with Gasteiger partial charge in [0.2, 0.25) is 0 Å². The highest BCUT2D eigenvalue weighted by Gasteiger charge is 2.28. The fourth-order valence-electron chi connectivity index (χ4n) is 3.37. The molecule has 17 heavy (non-hydrogen) atoms. The first kappa shape index (κ1) is 11.1. The Balaban J connectivity index is 1.82. The first-order valence-corrected chi connectivity index (χ1v) is 6.90. The van der Waals surface area contributed by atoms with Gasteiger partial charge in [-0.2, -0.15) is 0 Å². The van der Waals surface area contributed by atoms with Crippen molar-refractivity contribution >= 4 is 0 Å². The van der Waals surface area contributed by atoms with Crippen LogP contribution in [0.5, 0.6) is 5.75 Å². The number of fused-ring (bicyclic) bond motifs is 1. The Bertz CT molecular complexity index is 394. The molecular weight excluding hydrogens is 210 g/mol. The monoisotopic (exact) mass is 231 g/mol. The highest BCUT2D eigenvalue weighted by Crippen LogP contribution is 2.38. The van der Waals surface area contributed by atoms with Crippen LogP contribution in [0.15, 0.2) is 18.2 Å². The fourth-order valence-corrected chi connectivity index (χ4v) is 3.37. The normalized spacial score (nSPS) is 25.5. The van der Waals surface area contributed by atoms with Gasteiger partial charge in [0.25, 0.3) is 0 Å². The average molecular weight is 231 g/mol. The van der Waals surface area contributed by atoms with E-state index >= 15 is 0 Å². The van der Waals surface area contributed by atoms with E-state index in [-0.39, 0.29) is 0 Å². The van der Waals surface area contributed by atoms with Crippen molar-refractivity contribution in [3.05, 3.63) is 29.3 Å². The van der Waals surface area contributed by atoms with Gasteiger partial charge in [-0.25, -0.2) is 0 Å². The molecule has 92 valence electrons. The summed E-state index contributed by atoms with van der Waals surface area (Å²) in [5, 5.41) is 9.52. The van der Waals surface area contributed by atoms with Crippen molar-refractivity contribution in [1.82, 2.24) is 4.90 Å². The number of aromatic hydroxyl groups is 1. The predicted molar refractivity (Wildman–Crippen MR) is 69.2 cm³/mol. The number of likely N-dealkylation sites (tertiary alicyclic amines) is 1. The SMILES string of the molecule is Oc1ccc2c(c1)CCC2N1CCCCCC1. The van der Waals surface area contributed by atoms with E-state index in [1.165, 1.54) is 56.3 Å². The third kappa shape index (κ3) is 2.19. The Morgan fingerprint density at radius 3 is 2.59 bits per heavy atom. The third-order valence-corrected chi connectivity index (χ3v) is 4.25. The van der Waals surface area contributed by atoms with E-state index in [1.807, 2.05) is 12.1 Å². The lowest BCUT2D eigenvalue weighted by Gasteiger charge is -2.28. The minimum atomic E-state index is 0.417. The number of phenolic OH excluding ortho intramolecular Hbond substituents is 1. The van der Waals surface area contributed by atoms with Crippen LogP contribution in [0, 0.1) is 0 Å². The second-order valence-electron chi connectivity index (χ2n) is 5.39. The summed E-state index contributed by atoms with van der Waals surface area (Å²) in [5.41, 5.74) is 2.82. The molecule has 1 heterocycles. The van der Waals surface area contributed by atoms with E-state index in [0.717, 1.165) is 6.42 Å². The van der Waals surface area contributed by atoms with Crippen LogP contribution < -0.4 is 0 Å². The molecule has 1 aliphatic heterocycles. The summed E-state index contributed by atoms with van der Waals surface area (Å²) >= 11 is 0. The molecule has 2 aliphatic rings. The van der Waals surface area contributed by atoms with E-state index in [0.29, 0.717) is 11.8 Å². The first-order valence-electron chi connectivity index (χ1n) is 6.90. The zero-order valence-corrected chi connectivity index (χ0v) is 10.4. The maximum atomic E-state index is 9.52. The van der Waals surface area contributed by atoms with Gasteiger partial charge in [-0.15, -0.1) is 0 Å². The van der Waals surface area contributed by atoms with Crippen LogP contribution in [0.25, 0.3) is 0 Å². The number of hydrogen-bond donors (Lipinski definition) is 1. The summed E-state index contributed by atoms with van der Waals surface area (Å²) in [4.78, 5) is 2.66. The van der Waals surface area contributed by atoms with Crippen LogP contribution >= 0.6 is 0 Å². The number of hydrogen-bond acceptors (Lipinski definition) is 2. The Labute approximate surface area is 103 Å². The van der Waals surface area contributed by atoms with E-state index in [1.54, 1.807) is 0 Å². The number of phenols is 1. The first-order chi connectivity index (χ1) is 8.34. The molecule has 0 radical (unpaired) electrons. The molecule has 1 fully saturated rings.